The van der Waals surface area contributed by atoms with Crippen LogP contribution in [0.4, 0.5) is 0 Å². The van der Waals surface area contributed by atoms with Crippen LogP contribution in [0.2, 0.25) is 10.0 Å². The summed E-state index contributed by atoms with van der Waals surface area (Å²) in [5, 5.41) is 2.11. The summed E-state index contributed by atoms with van der Waals surface area (Å²) in [4.78, 5) is 11.0. The van der Waals surface area contributed by atoms with Crippen LogP contribution in [0.15, 0.2) is 17.0 Å². The van der Waals surface area contributed by atoms with Crippen LogP contribution in [0.5, 0.6) is 0 Å². The van der Waals surface area contributed by atoms with Gasteiger partial charge in [-0.2, -0.15) is 0 Å². The molecule has 0 spiro atoms. The van der Waals surface area contributed by atoms with E-state index in [2.05, 4.69) is 5.32 Å². The molecule has 0 aliphatic carbocycles. The standard InChI is InChI=1S/C8H6Cl3NO3S/c1-12-8(13)5-2-4(9)3-6(7(5)10)16(11,14)15/h2-3H,1H3,(H,12,13). The fraction of sp³-hybridized carbons (Fsp3) is 0.125. The molecule has 4 nitrogen and oxygen atoms in total. The van der Waals surface area contributed by atoms with E-state index < -0.39 is 15.0 Å². The Morgan fingerprint density at radius 1 is 1.31 bits per heavy atom. The topological polar surface area (TPSA) is 63.2 Å². The van der Waals surface area contributed by atoms with Gasteiger partial charge >= 0.3 is 0 Å². The number of rotatable bonds is 2. The molecule has 1 rings (SSSR count). The lowest BCUT2D eigenvalue weighted by molar-refractivity contribution is 0.0963. The summed E-state index contributed by atoms with van der Waals surface area (Å²) < 4.78 is 22.3. The van der Waals surface area contributed by atoms with E-state index in [4.69, 9.17) is 33.9 Å². The minimum atomic E-state index is -4.04. The smallest absolute Gasteiger partial charge is 0.262 e. The SMILES string of the molecule is CNC(=O)c1cc(Cl)cc(S(=O)(=O)Cl)c1Cl. The Morgan fingerprint density at radius 2 is 1.88 bits per heavy atom. The van der Waals surface area contributed by atoms with Crippen LogP contribution in [-0.4, -0.2) is 21.4 Å². The van der Waals surface area contributed by atoms with Crippen molar-refractivity contribution in [3.63, 3.8) is 0 Å². The van der Waals surface area contributed by atoms with Crippen LogP contribution in [0.1, 0.15) is 10.4 Å². The van der Waals surface area contributed by atoms with Gasteiger partial charge in [0.25, 0.3) is 15.0 Å². The van der Waals surface area contributed by atoms with E-state index >= 15 is 0 Å². The first-order chi connectivity index (χ1) is 7.27. The second-order valence-corrected chi connectivity index (χ2v) is 6.13. The van der Waals surface area contributed by atoms with Crippen LogP contribution < -0.4 is 5.32 Å². The Hall–Kier alpha value is -0.490. The minimum absolute atomic E-state index is 0.0455. The highest BCUT2D eigenvalue weighted by Crippen LogP contribution is 2.31. The fourth-order valence-corrected chi connectivity index (χ4v) is 2.90. The molecule has 1 amide bonds. The highest BCUT2D eigenvalue weighted by atomic mass is 35.7. The number of nitrogens with one attached hydrogen (secondary N) is 1. The molecule has 88 valence electrons. The van der Waals surface area contributed by atoms with Crippen LogP contribution in [0.3, 0.4) is 0 Å². The number of amides is 1. The Balaban J connectivity index is 3.56. The zero-order valence-corrected chi connectivity index (χ0v) is 11.0. The average Bonchev–Trinajstić information content (AvgIpc) is 2.18. The van der Waals surface area contributed by atoms with Gasteiger partial charge in [0.2, 0.25) is 0 Å². The Labute approximate surface area is 107 Å². The van der Waals surface area contributed by atoms with E-state index in [-0.39, 0.29) is 20.5 Å². The first kappa shape index (κ1) is 13.6. The molecule has 0 saturated heterocycles. The molecule has 0 saturated carbocycles. The fourth-order valence-electron chi connectivity index (χ4n) is 1.04. The van der Waals surface area contributed by atoms with Crippen molar-refractivity contribution in [1.82, 2.24) is 5.32 Å². The summed E-state index contributed by atoms with van der Waals surface area (Å²) in [6.07, 6.45) is 0. The highest BCUT2D eigenvalue weighted by molar-refractivity contribution is 8.13. The van der Waals surface area contributed by atoms with E-state index in [0.29, 0.717) is 0 Å². The maximum absolute atomic E-state index is 11.4. The normalized spacial score (nSPS) is 11.2. The van der Waals surface area contributed by atoms with E-state index in [0.717, 1.165) is 6.07 Å². The monoisotopic (exact) mass is 301 g/mol. The van der Waals surface area contributed by atoms with Crippen molar-refractivity contribution < 1.29 is 13.2 Å². The van der Waals surface area contributed by atoms with Crippen molar-refractivity contribution >= 4 is 48.8 Å². The molecule has 16 heavy (non-hydrogen) atoms. The molecule has 0 unspecified atom stereocenters. The molecule has 0 aromatic heterocycles. The molecule has 1 N–H and O–H groups in total. The molecule has 0 heterocycles. The summed E-state index contributed by atoms with van der Waals surface area (Å²) in [5.41, 5.74) is -0.0455. The lowest BCUT2D eigenvalue weighted by Crippen LogP contribution is -2.18. The van der Waals surface area contributed by atoms with Gasteiger partial charge in [-0.05, 0) is 12.1 Å². The number of benzene rings is 1. The lowest BCUT2D eigenvalue weighted by Gasteiger charge is -2.07. The summed E-state index contributed by atoms with van der Waals surface area (Å²) in [7, 11) is 2.49. The zero-order chi connectivity index (χ0) is 12.5. The number of carbonyl (C=O) groups is 1. The minimum Gasteiger partial charge on any atom is -0.355 e. The van der Waals surface area contributed by atoms with Gasteiger partial charge in [-0.1, -0.05) is 23.2 Å². The Bertz CT molecular complexity index is 542. The second-order valence-electron chi connectivity index (χ2n) is 2.78. The van der Waals surface area contributed by atoms with Gasteiger partial charge in [-0.3, -0.25) is 4.79 Å². The summed E-state index contributed by atoms with van der Waals surface area (Å²) >= 11 is 11.4. The van der Waals surface area contributed by atoms with Crippen LogP contribution in [-0.2, 0) is 9.05 Å². The third-order valence-corrected chi connectivity index (χ3v) is 3.82. The van der Waals surface area contributed by atoms with Crippen molar-refractivity contribution in [2.24, 2.45) is 0 Å². The number of carbonyl (C=O) groups excluding carboxylic acids is 1. The molecule has 1 aromatic rings. The molecule has 0 fully saturated rings. The van der Waals surface area contributed by atoms with E-state index in [1.54, 1.807) is 0 Å². The van der Waals surface area contributed by atoms with Crippen molar-refractivity contribution in [3.8, 4) is 0 Å². The molecule has 0 atom stereocenters. The van der Waals surface area contributed by atoms with E-state index in [1.165, 1.54) is 13.1 Å². The molecular weight excluding hydrogens is 297 g/mol. The van der Waals surface area contributed by atoms with Gasteiger partial charge in [0.05, 0.1) is 10.6 Å². The van der Waals surface area contributed by atoms with E-state index in [1.807, 2.05) is 0 Å². The highest BCUT2D eigenvalue weighted by Gasteiger charge is 2.21. The number of halogens is 3. The van der Waals surface area contributed by atoms with Crippen LogP contribution >= 0.6 is 33.9 Å². The quantitative estimate of drug-likeness (QED) is 0.853. The summed E-state index contributed by atoms with van der Waals surface area (Å²) in [6.45, 7) is 0. The van der Waals surface area contributed by atoms with Crippen molar-refractivity contribution in [1.29, 1.82) is 0 Å². The van der Waals surface area contributed by atoms with Gasteiger partial charge in [-0.25, -0.2) is 8.42 Å². The molecular formula is C8H6Cl3NO3S. The molecule has 8 heteroatoms. The number of hydrogen-bond donors (Lipinski definition) is 1. The third kappa shape index (κ3) is 2.79. The van der Waals surface area contributed by atoms with Crippen molar-refractivity contribution in [2.75, 3.05) is 7.05 Å². The van der Waals surface area contributed by atoms with Gasteiger partial charge < -0.3 is 5.32 Å². The Kier molecular flexibility index (Phi) is 4.07. The predicted molar refractivity (Wildman–Crippen MR) is 62.9 cm³/mol. The van der Waals surface area contributed by atoms with Crippen LogP contribution in [0, 0.1) is 0 Å². The third-order valence-electron chi connectivity index (χ3n) is 1.74. The van der Waals surface area contributed by atoms with Gasteiger partial charge in [-0.15, -0.1) is 0 Å². The van der Waals surface area contributed by atoms with Crippen molar-refractivity contribution in [3.05, 3.63) is 27.7 Å². The Morgan fingerprint density at radius 3 is 2.31 bits per heavy atom. The molecule has 0 aliphatic heterocycles. The van der Waals surface area contributed by atoms with E-state index in [9.17, 15) is 13.2 Å². The molecule has 0 bridgehead atoms. The summed E-state index contributed by atoms with van der Waals surface area (Å²) in [5.74, 6) is -0.547. The first-order valence-electron chi connectivity index (χ1n) is 3.93. The maximum atomic E-state index is 11.4. The second kappa shape index (κ2) is 4.79. The van der Waals surface area contributed by atoms with Crippen molar-refractivity contribution in [2.45, 2.75) is 4.90 Å². The average molecular weight is 303 g/mol. The predicted octanol–water partition coefficient (Wildman–Crippen LogP) is 2.28. The maximum Gasteiger partial charge on any atom is 0.262 e. The van der Waals surface area contributed by atoms with Crippen LogP contribution in [0.25, 0.3) is 0 Å². The molecule has 0 aliphatic rings. The summed E-state index contributed by atoms with van der Waals surface area (Å²) in [6, 6.07) is 2.34. The molecule has 1 aromatic carbocycles. The van der Waals surface area contributed by atoms with Gasteiger partial charge in [0, 0.05) is 22.8 Å². The first-order valence-corrected chi connectivity index (χ1v) is 6.99. The lowest BCUT2D eigenvalue weighted by atomic mass is 10.2. The number of hydrogen-bond acceptors (Lipinski definition) is 3. The largest absolute Gasteiger partial charge is 0.355 e. The molecule has 0 radical (unpaired) electrons. The van der Waals surface area contributed by atoms with Gasteiger partial charge in [0.15, 0.2) is 0 Å². The van der Waals surface area contributed by atoms with Gasteiger partial charge in [0.1, 0.15) is 4.90 Å². The zero-order valence-electron chi connectivity index (χ0n) is 7.92.